The maximum Gasteiger partial charge on any atom is 0.243 e. The zero-order valence-corrected chi connectivity index (χ0v) is 20.1. The number of anilines is 1. The molecular formula is C23H30N4O6S. The molecule has 1 saturated carbocycles. The normalized spacial score (nSPS) is 15.7. The lowest BCUT2D eigenvalue weighted by Crippen LogP contribution is -2.28. The number of ether oxygens (including phenoxy) is 2. The standard InChI is InChI=1S/C23H30N4O6S/c1-31-18-10-6-11-19(32-2)21(18)27-22(20-12-7-14-33-20)24-25-23(27)26-34(29,30)15-13-17(28)16-8-4-3-5-9-16/h6-7,10-12,14,16-17,28H,3-5,8-9,13,15H2,1-2H3,(H,25,26). The average molecular weight is 491 g/mol. The van der Waals surface area contributed by atoms with Crippen LogP contribution in [0.4, 0.5) is 5.95 Å². The Bertz CT molecular complexity index is 1160. The molecule has 184 valence electrons. The molecule has 1 atom stereocenters. The van der Waals surface area contributed by atoms with Gasteiger partial charge in [-0.1, -0.05) is 25.3 Å². The molecule has 0 radical (unpaired) electrons. The topological polar surface area (TPSA) is 129 Å². The quantitative estimate of drug-likeness (QED) is 0.441. The van der Waals surface area contributed by atoms with Crippen molar-refractivity contribution in [3.63, 3.8) is 0 Å². The zero-order chi connectivity index (χ0) is 24.1. The first kappa shape index (κ1) is 24.1. The van der Waals surface area contributed by atoms with E-state index in [0.717, 1.165) is 25.7 Å². The van der Waals surface area contributed by atoms with Gasteiger partial charge in [0.25, 0.3) is 0 Å². The summed E-state index contributed by atoms with van der Waals surface area (Å²) in [5, 5.41) is 18.8. The second kappa shape index (κ2) is 10.5. The third-order valence-electron chi connectivity index (χ3n) is 6.15. The summed E-state index contributed by atoms with van der Waals surface area (Å²) < 4.78 is 46.5. The SMILES string of the molecule is COc1cccc(OC)c1-n1c(NS(=O)(=O)CCC(O)C2CCCCC2)nnc1-c1ccco1. The van der Waals surface area contributed by atoms with Crippen LogP contribution in [0.2, 0.25) is 0 Å². The number of para-hydroxylation sites is 1. The lowest BCUT2D eigenvalue weighted by Gasteiger charge is -2.26. The third-order valence-corrected chi connectivity index (χ3v) is 7.42. The van der Waals surface area contributed by atoms with Crippen LogP contribution in [0.3, 0.4) is 0 Å². The van der Waals surface area contributed by atoms with Gasteiger partial charge in [-0.2, -0.15) is 0 Å². The molecule has 1 aromatic carbocycles. The van der Waals surface area contributed by atoms with Gasteiger partial charge in [-0.3, -0.25) is 9.29 Å². The summed E-state index contributed by atoms with van der Waals surface area (Å²) in [4.78, 5) is 0. The van der Waals surface area contributed by atoms with Gasteiger partial charge in [0.1, 0.15) is 17.2 Å². The van der Waals surface area contributed by atoms with Crippen LogP contribution in [-0.4, -0.2) is 54.4 Å². The predicted molar refractivity (Wildman–Crippen MR) is 127 cm³/mol. The number of sulfonamides is 1. The molecule has 0 bridgehead atoms. The highest BCUT2D eigenvalue weighted by Crippen LogP contribution is 2.37. The lowest BCUT2D eigenvalue weighted by atomic mass is 9.84. The van der Waals surface area contributed by atoms with Gasteiger partial charge in [0.15, 0.2) is 5.76 Å². The van der Waals surface area contributed by atoms with Crippen molar-refractivity contribution in [3.8, 4) is 28.8 Å². The lowest BCUT2D eigenvalue weighted by molar-refractivity contribution is 0.0822. The molecule has 1 unspecified atom stereocenters. The number of aromatic nitrogens is 3. The fourth-order valence-corrected chi connectivity index (χ4v) is 5.46. The monoisotopic (exact) mass is 490 g/mol. The first-order valence-corrected chi connectivity index (χ1v) is 13.0. The van der Waals surface area contributed by atoms with E-state index in [0.29, 0.717) is 22.9 Å². The molecular weight excluding hydrogens is 460 g/mol. The van der Waals surface area contributed by atoms with E-state index in [4.69, 9.17) is 13.9 Å². The number of aliphatic hydroxyl groups is 1. The Kier molecular flexibility index (Phi) is 7.42. The van der Waals surface area contributed by atoms with Gasteiger partial charge in [0, 0.05) is 0 Å². The number of nitrogens with zero attached hydrogens (tertiary/aromatic N) is 3. The molecule has 2 N–H and O–H groups in total. The molecule has 2 heterocycles. The van der Waals surface area contributed by atoms with Crippen LogP contribution in [0.1, 0.15) is 38.5 Å². The Morgan fingerprint density at radius 1 is 1.12 bits per heavy atom. The highest BCUT2D eigenvalue weighted by Gasteiger charge is 2.28. The van der Waals surface area contributed by atoms with E-state index < -0.39 is 16.1 Å². The first-order valence-electron chi connectivity index (χ1n) is 11.3. The maximum absolute atomic E-state index is 13.0. The van der Waals surface area contributed by atoms with Crippen molar-refractivity contribution in [3.05, 3.63) is 36.6 Å². The van der Waals surface area contributed by atoms with Crippen LogP contribution in [0, 0.1) is 5.92 Å². The average Bonchev–Trinajstić information content (AvgIpc) is 3.52. The van der Waals surface area contributed by atoms with Gasteiger partial charge < -0.3 is 19.0 Å². The summed E-state index contributed by atoms with van der Waals surface area (Å²) in [7, 11) is -0.828. The molecule has 10 nitrogen and oxygen atoms in total. The Labute approximate surface area is 199 Å². The van der Waals surface area contributed by atoms with E-state index in [1.54, 1.807) is 30.3 Å². The minimum absolute atomic E-state index is 0.0404. The summed E-state index contributed by atoms with van der Waals surface area (Å²) in [5.41, 5.74) is 0.420. The number of hydrogen-bond acceptors (Lipinski definition) is 8. The van der Waals surface area contributed by atoms with E-state index in [-0.39, 0.29) is 29.9 Å². The number of nitrogens with one attached hydrogen (secondary N) is 1. The number of rotatable bonds is 10. The molecule has 11 heteroatoms. The number of benzene rings is 1. The van der Waals surface area contributed by atoms with Crippen molar-refractivity contribution in [2.75, 3.05) is 24.7 Å². The Morgan fingerprint density at radius 3 is 2.44 bits per heavy atom. The van der Waals surface area contributed by atoms with Crippen molar-refractivity contribution in [2.45, 2.75) is 44.6 Å². The van der Waals surface area contributed by atoms with E-state index in [9.17, 15) is 13.5 Å². The van der Waals surface area contributed by atoms with E-state index in [2.05, 4.69) is 14.9 Å². The molecule has 2 aromatic heterocycles. The molecule has 0 amide bonds. The largest absolute Gasteiger partial charge is 0.494 e. The molecule has 1 aliphatic rings. The van der Waals surface area contributed by atoms with Crippen LogP contribution in [0.5, 0.6) is 11.5 Å². The van der Waals surface area contributed by atoms with Crippen LogP contribution < -0.4 is 14.2 Å². The second-order valence-corrected chi connectivity index (χ2v) is 10.2. The van der Waals surface area contributed by atoms with E-state index in [1.807, 2.05) is 0 Å². The Balaban J connectivity index is 1.65. The van der Waals surface area contributed by atoms with Gasteiger partial charge in [-0.15, -0.1) is 10.2 Å². The van der Waals surface area contributed by atoms with E-state index in [1.165, 1.54) is 31.5 Å². The van der Waals surface area contributed by atoms with Gasteiger partial charge in [-0.05, 0) is 49.4 Å². The molecule has 1 fully saturated rings. The summed E-state index contributed by atoms with van der Waals surface area (Å²) in [5.74, 6) is 1.39. The number of furan rings is 1. The molecule has 4 rings (SSSR count). The third kappa shape index (κ3) is 5.20. The maximum atomic E-state index is 13.0. The minimum atomic E-state index is -3.84. The van der Waals surface area contributed by atoms with Gasteiger partial charge in [0.2, 0.25) is 21.8 Å². The van der Waals surface area contributed by atoms with Crippen LogP contribution in [-0.2, 0) is 10.0 Å². The second-order valence-electron chi connectivity index (χ2n) is 8.35. The molecule has 0 spiro atoms. The van der Waals surface area contributed by atoms with Crippen LogP contribution >= 0.6 is 0 Å². The van der Waals surface area contributed by atoms with Gasteiger partial charge in [0.05, 0.1) is 32.3 Å². The number of methoxy groups -OCH3 is 2. The highest BCUT2D eigenvalue weighted by atomic mass is 32.2. The Hall–Kier alpha value is -3.05. The minimum Gasteiger partial charge on any atom is -0.494 e. The fourth-order valence-electron chi connectivity index (χ4n) is 4.40. The van der Waals surface area contributed by atoms with Gasteiger partial charge in [-0.25, -0.2) is 8.42 Å². The molecule has 1 aliphatic carbocycles. The summed E-state index contributed by atoms with van der Waals surface area (Å²) in [6.45, 7) is 0. The van der Waals surface area contributed by atoms with Crippen molar-refractivity contribution in [1.82, 2.24) is 14.8 Å². The smallest absolute Gasteiger partial charge is 0.243 e. The first-order chi connectivity index (χ1) is 16.4. The molecule has 0 aliphatic heterocycles. The van der Waals surface area contributed by atoms with Crippen molar-refractivity contribution >= 4 is 16.0 Å². The van der Waals surface area contributed by atoms with Crippen molar-refractivity contribution < 1.29 is 27.4 Å². The predicted octanol–water partition coefficient (Wildman–Crippen LogP) is 3.62. The van der Waals surface area contributed by atoms with Crippen LogP contribution in [0.15, 0.2) is 41.0 Å². The fraction of sp³-hybridized carbons (Fsp3) is 0.478. The number of hydrogen-bond donors (Lipinski definition) is 2. The summed E-state index contributed by atoms with van der Waals surface area (Å²) >= 11 is 0. The number of aliphatic hydroxyl groups excluding tert-OH is 1. The summed E-state index contributed by atoms with van der Waals surface area (Å²) in [6.07, 6.45) is 6.18. The molecule has 0 saturated heterocycles. The van der Waals surface area contributed by atoms with E-state index >= 15 is 0 Å². The summed E-state index contributed by atoms with van der Waals surface area (Å²) in [6, 6.07) is 8.60. The zero-order valence-electron chi connectivity index (χ0n) is 19.3. The highest BCUT2D eigenvalue weighted by molar-refractivity contribution is 7.92. The Morgan fingerprint density at radius 2 is 1.82 bits per heavy atom. The van der Waals surface area contributed by atoms with Crippen LogP contribution in [0.25, 0.3) is 17.3 Å². The molecule has 34 heavy (non-hydrogen) atoms. The van der Waals surface area contributed by atoms with Crippen molar-refractivity contribution in [2.24, 2.45) is 5.92 Å². The van der Waals surface area contributed by atoms with Crippen molar-refractivity contribution in [1.29, 1.82) is 0 Å². The van der Waals surface area contributed by atoms with Gasteiger partial charge >= 0.3 is 0 Å². The molecule has 3 aromatic rings.